The van der Waals surface area contributed by atoms with E-state index in [1.54, 1.807) is 0 Å². The van der Waals surface area contributed by atoms with Crippen molar-refractivity contribution in [1.29, 1.82) is 0 Å². The van der Waals surface area contributed by atoms with Gasteiger partial charge in [0.15, 0.2) is 0 Å². The summed E-state index contributed by atoms with van der Waals surface area (Å²) >= 11 is 0. The van der Waals surface area contributed by atoms with Crippen LogP contribution in [0.3, 0.4) is 0 Å². The maximum absolute atomic E-state index is 4.46. The Kier molecular flexibility index (Phi) is 3.97. The van der Waals surface area contributed by atoms with Gasteiger partial charge in [0.25, 0.3) is 0 Å². The van der Waals surface area contributed by atoms with Crippen LogP contribution in [0.15, 0.2) is 36.7 Å². The number of piperidine rings is 1. The molecule has 1 unspecified atom stereocenters. The molecule has 0 aliphatic carbocycles. The molecule has 26 heavy (non-hydrogen) atoms. The van der Waals surface area contributed by atoms with Crippen LogP contribution >= 0.6 is 0 Å². The van der Waals surface area contributed by atoms with Crippen molar-refractivity contribution in [1.82, 2.24) is 19.6 Å². The first-order valence-corrected chi connectivity index (χ1v) is 9.80. The van der Waals surface area contributed by atoms with Gasteiger partial charge in [-0.2, -0.15) is 5.10 Å². The zero-order valence-corrected chi connectivity index (χ0v) is 15.5. The molecule has 0 amide bonds. The highest BCUT2D eigenvalue weighted by Crippen LogP contribution is 2.35. The van der Waals surface area contributed by atoms with E-state index in [1.807, 2.05) is 6.20 Å². The van der Waals surface area contributed by atoms with Gasteiger partial charge in [-0.25, -0.2) is 4.68 Å². The summed E-state index contributed by atoms with van der Waals surface area (Å²) < 4.78 is 2.08. The number of benzene rings is 1. The van der Waals surface area contributed by atoms with E-state index in [-0.39, 0.29) is 0 Å². The van der Waals surface area contributed by atoms with Gasteiger partial charge in [0.1, 0.15) is 6.67 Å². The summed E-state index contributed by atoms with van der Waals surface area (Å²) in [6.07, 6.45) is 10.3. The Bertz CT molecular complexity index is 818. The van der Waals surface area contributed by atoms with Gasteiger partial charge in [0, 0.05) is 44.3 Å². The summed E-state index contributed by atoms with van der Waals surface area (Å²) in [6, 6.07) is 9.61. The van der Waals surface area contributed by atoms with Crippen LogP contribution in [-0.2, 0) is 13.2 Å². The number of likely N-dealkylation sites (N-methyl/N-ethyl adjacent to an activating group) is 1. The van der Waals surface area contributed by atoms with Crippen LogP contribution in [0.4, 0.5) is 5.69 Å². The molecule has 5 nitrogen and oxygen atoms in total. The van der Waals surface area contributed by atoms with Crippen molar-refractivity contribution < 1.29 is 0 Å². The number of hydrogen-bond donors (Lipinski definition) is 0. The molecule has 0 radical (unpaired) electrons. The molecule has 0 N–H and O–H groups in total. The first-order chi connectivity index (χ1) is 12.8. The maximum atomic E-state index is 4.46. The van der Waals surface area contributed by atoms with Gasteiger partial charge in [-0.05, 0) is 61.7 Å². The van der Waals surface area contributed by atoms with E-state index in [0.29, 0.717) is 6.04 Å². The smallest absolute Gasteiger partial charge is 0.112 e. The number of rotatable bonds is 2. The lowest BCUT2D eigenvalue weighted by atomic mass is 9.93. The topological polar surface area (TPSA) is 27.5 Å². The van der Waals surface area contributed by atoms with Crippen LogP contribution < -0.4 is 4.90 Å². The summed E-state index contributed by atoms with van der Waals surface area (Å²) in [4.78, 5) is 7.43. The minimum absolute atomic E-state index is 0.382. The average molecular weight is 349 g/mol. The second-order valence-corrected chi connectivity index (χ2v) is 7.87. The zero-order valence-electron chi connectivity index (χ0n) is 15.5. The Morgan fingerprint density at radius 1 is 1.08 bits per heavy atom. The predicted octanol–water partition coefficient (Wildman–Crippen LogP) is 3.30. The Morgan fingerprint density at radius 3 is 2.85 bits per heavy atom. The molecule has 3 aliphatic heterocycles. The van der Waals surface area contributed by atoms with Crippen molar-refractivity contribution in [2.24, 2.45) is 0 Å². The third kappa shape index (κ3) is 2.80. The van der Waals surface area contributed by atoms with Crippen molar-refractivity contribution in [3.63, 3.8) is 0 Å². The van der Waals surface area contributed by atoms with Crippen molar-refractivity contribution >= 4 is 11.8 Å². The quantitative estimate of drug-likeness (QED) is 0.831. The molecular formula is C21H27N5. The van der Waals surface area contributed by atoms with Gasteiger partial charge in [-0.3, -0.25) is 4.90 Å². The maximum Gasteiger partial charge on any atom is 0.112 e. The molecule has 1 aromatic carbocycles. The molecule has 2 aromatic rings. The van der Waals surface area contributed by atoms with E-state index >= 15 is 0 Å². The van der Waals surface area contributed by atoms with E-state index in [4.69, 9.17) is 0 Å². The highest BCUT2D eigenvalue weighted by molar-refractivity contribution is 5.53. The van der Waals surface area contributed by atoms with Crippen LogP contribution in [0.2, 0.25) is 0 Å². The molecular weight excluding hydrogens is 322 g/mol. The third-order valence-electron chi connectivity index (χ3n) is 6.02. The fourth-order valence-electron chi connectivity index (χ4n) is 4.61. The number of hydrogen-bond acceptors (Lipinski definition) is 4. The molecule has 3 aliphatic rings. The zero-order chi connectivity index (χ0) is 17.5. The van der Waals surface area contributed by atoms with Crippen molar-refractivity contribution in [2.45, 2.75) is 38.5 Å². The normalized spacial score (nSPS) is 23.0. The van der Waals surface area contributed by atoms with Crippen molar-refractivity contribution in [3.8, 4) is 0 Å². The largest absolute Gasteiger partial charge is 0.372 e. The number of anilines is 1. The van der Waals surface area contributed by atoms with E-state index in [0.717, 1.165) is 19.8 Å². The Morgan fingerprint density at radius 2 is 1.96 bits per heavy atom. The summed E-state index contributed by atoms with van der Waals surface area (Å²) in [6.45, 7) is 5.32. The summed E-state index contributed by atoms with van der Waals surface area (Å²) in [5.74, 6) is 0. The molecule has 1 fully saturated rings. The van der Waals surface area contributed by atoms with Gasteiger partial charge in [0.2, 0.25) is 0 Å². The highest BCUT2D eigenvalue weighted by atomic mass is 15.4. The van der Waals surface area contributed by atoms with Crippen LogP contribution in [0.5, 0.6) is 0 Å². The van der Waals surface area contributed by atoms with Crippen LogP contribution in [0, 0.1) is 0 Å². The monoisotopic (exact) mass is 349 g/mol. The molecule has 136 valence electrons. The minimum atomic E-state index is 0.382. The highest BCUT2D eigenvalue weighted by Gasteiger charge is 2.29. The Labute approximate surface area is 155 Å². The molecule has 1 aromatic heterocycles. The number of nitrogens with zero attached hydrogens (tertiary/aromatic N) is 5. The van der Waals surface area contributed by atoms with E-state index < -0.39 is 0 Å². The minimum Gasteiger partial charge on any atom is -0.372 e. The number of aromatic nitrogens is 2. The lowest BCUT2D eigenvalue weighted by molar-refractivity contribution is 0.144. The Hall–Kier alpha value is -2.27. The van der Waals surface area contributed by atoms with E-state index in [2.05, 4.69) is 68.1 Å². The van der Waals surface area contributed by atoms with Crippen molar-refractivity contribution in [2.75, 3.05) is 31.6 Å². The summed E-state index contributed by atoms with van der Waals surface area (Å²) in [5, 5.41) is 4.46. The summed E-state index contributed by atoms with van der Waals surface area (Å²) in [7, 11) is 2.23. The van der Waals surface area contributed by atoms with Crippen LogP contribution in [-0.4, -0.2) is 46.3 Å². The molecule has 5 rings (SSSR count). The van der Waals surface area contributed by atoms with Gasteiger partial charge < -0.3 is 9.80 Å². The average Bonchev–Trinajstić information content (AvgIpc) is 3.15. The lowest BCUT2D eigenvalue weighted by Gasteiger charge is -2.40. The predicted molar refractivity (Wildman–Crippen MR) is 105 cm³/mol. The lowest BCUT2D eigenvalue weighted by Crippen LogP contribution is -2.40. The van der Waals surface area contributed by atoms with Gasteiger partial charge in [0.05, 0.1) is 11.7 Å². The first kappa shape index (κ1) is 15.9. The van der Waals surface area contributed by atoms with Crippen LogP contribution in [0.25, 0.3) is 6.08 Å². The number of fused-ring (bicyclic) bond motifs is 2. The van der Waals surface area contributed by atoms with E-state index in [1.165, 1.54) is 54.9 Å². The first-order valence-electron chi connectivity index (χ1n) is 9.80. The van der Waals surface area contributed by atoms with E-state index in [9.17, 15) is 0 Å². The molecule has 0 saturated carbocycles. The molecule has 0 spiro atoms. The fraction of sp³-hybridized carbons (Fsp3) is 0.476. The second-order valence-electron chi connectivity index (χ2n) is 7.87. The summed E-state index contributed by atoms with van der Waals surface area (Å²) in [5.41, 5.74) is 5.54. The van der Waals surface area contributed by atoms with Crippen molar-refractivity contribution in [3.05, 3.63) is 53.5 Å². The molecule has 1 atom stereocenters. The third-order valence-corrected chi connectivity index (χ3v) is 6.02. The molecule has 5 heteroatoms. The molecule has 0 bridgehead atoms. The van der Waals surface area contributed by atoms with Gasteiger partial charge >= 0.3 is 0 Å². The standard InChI is InChI=1S/C21H27N5/c1-23-14-17-13-19(24-10-3-2-4-11-24)5-6-20(17)21(15-23)25-12-8-18-7-9-22-26(18)16-25/h5-9,12-13,21H,2-4,10-11,14-16H2,1H3. The van der Waals surface area contributed by atoms with Gasteiger partial charge in [-0.1, -0.05) is 6.07 Å². The van der Waals surface area contributed by atoms with Gasteiger partial charge in [-0.15, -0.1) is 0 Å². The SMILES string of the molecule is CN1Cc2cc(N3CCCCC3)ccc2C(N2C=Cc3ccnn3C2)C1. The Balaban J connectivity index is 1.44. The van der Waals surface area contributed by atoms with Crippen LogP contribution in [0.1, 0.15) is 42.1 Å². The molecule has 4 heterocycles. The molecule has 1 saturated heterocycles. The fourth-order valence-corrected chi connectivity index (χ4v) is 4.61. The second kappa shape index (κ2) is 6.47.